The third-order valence-electron chi connectivity index (χ3n) is 3.74. The molecule has 0 aliphatic carbocycles. The summed E-state index contributed by atoms with van der Waals surface area (Å²) in [6.07, 6.45) is 0.981. The Morgan fingerprint density at radius 2 is 2.00 bits per heavy atom. The van der Waals surface area contributed by atoms with Crippen LogP contribution >= 0.6 is 0 Å². The summed E-state index contributed by atoms with van der Waals surface area (Å²) in [5.74, 6) is 0.358. The number of benzene rings is 1. The maximum atomic E-state index is 9.22. The monoisotopic (exact) mass is 250 g/mol. The van der Waals surface area contributed by atoms with Crippen molar-refractivity contribution >= 4 is 0 Å². The quantitative estimate of drug-likeness (QED) is 0.891. The molecule has 0 amide bonds. The van der Waals surface area contributed by atoms with Crippen molar-refractivity contribution in [3.8, 4) is 0 Å². The molecule has 3 heteroatoms. The van der Waals surface area contributed by atoms with E-state index in [1.54, 1.807) is 0 Å². The molecule has 1 aliphatic heterocycles. The average molecular weight is 250 g/mol. The first-order chi connectivity index (χ1) is 8.70. The molecule has 18 heavy (non-hydrogen) atoms. The number of aliphatic hydroxyl groups is 1. The zero-order chi connectivity index (χ0) is 13.0. The largest absolute Gasteiger partial charge is 0.394 e. The van der Waals surface area contributed by atoms with Crippen LogP contribution in [0.5, 0.6) is 0 Å². The Bertz CT molecular complexity index is 352. The number of aliphatic hydroxyl groups excluding tert-OH is 1. The summed E-state index contributed by atoms with van der Waals surface area (Å²) >= 11 is 0. The van der Waals surface area contributed by atoms with Crippen molar-refractivity contribution in [3.63, 3.8) is 0 Å². The van der Waals surface area contributed by atoms with E-state index >= 15 is 0 Å². The second-order valence-electron chi connectivity index (χ2n) is 5.08. The van der Waals surface area contributed by atoms with Crippen LogP contribution in [0.25, 0.3) is 0 Å². The van der Waals surface area contributed by atoms with Gasteiger partial charge in [0.25, 0.3) is 0 Å². The molecule has 1 fully saturated rings. The zero-order valence-electron chi connectivity index (χ0n) is 11.1. The minimum atomic E-state index is -0.0861. The van der Waals surface area contributed by atoms with Crippen LogP contribution in [-0.2, 0) is 16.1 Å². The molecule has 0 spiro atoms. The summed E-state index contributed by atoms with van der Waals surface area (Å²) in [5, 5.41) is 9.22. The lowest BCUT2D eigenvalue weighted by Gasteiger charge is -2.38. The molecule has 1 aliphatic rings. The van der Waals surface area contributed by atoms with Gasteiger partial charge in [-0.05, 0) is 12.5 Å². The van der Waals surface area contributed by atoms with Gasteiger partial charge in [-0.1, -0.05) is 37.3 Å². The number of ether oxygens (including phenoxy) is 2. The Kier molecular flexibility index (Phi) is 4.75. The van der Waals surface area contributed by atoms with Gasteiger partial charge >= 0.3 is 0 Å². The lowest BCUT2D eigenvalue weighted by atomic mass is 9.91. The van der Waals surface area contributed by atoms with E-state index in [0.29, 0.717) is 12.5 Å². The van der Waals surface area contributed by atoms with Crippen molar-refractivity contribution in [2.75, 3.05) is 6.61 Å². The maximum Gasteiger partial charge on any atom is 0.0834 e. The van der Waals surface area contributed by atoms with Gasteiger partial charge in [-0.15, -0.1) is 0 Å². The van der Waals surface area contributed by atoms with E-state index < -0.39 is 0 Å². The molecule has 1 saturated heterocycles. The highest BCUT2D eigenvalue weighted by Crippen LogP contribution is 2.28. The molecule has 1 aromatic carbocycles. The van der Waals surface area contributed by atoms with E-state index in [2.05, 4.69) is 19.1 Å². The summed E-state index contributed by atoms with van der Waals surface area (Å²) < 4.78 is 11.7. The van der Waals surface area contributed by atoms with Gasteiger partial charge in [0, 0.05) is 12.3 Å². The van der Waals surface area contributed by atoms with Crippen molar-refractivity contribution < 1.29 is 14.6 Å². The third kappa shape index (κ3) is 3.31. The Morgan fingerprint density at radius 3 is 2.67 bits per heavy atom. The SMILES string of the molecule is CC1OC(CO)CC(OCc2ccccc2)C1C. The second-order valence-corrected chi connectivity index (χ2v) is 5.08. The van der Waals surface area contributed by atoms with Crippen LogP contribution in [0.3, 0.4) is 0 Å². The van der Waals surface area contributed by atoms with Crippen molar-refractivity contribution in [1.82, 2.24) is 0 Å². The molecule has 0 bridgehead atoms. The van der Waals surface area contributed by atoms with Crippen LogP contribution in [0.1, 0.15) is 25.8 Å². The van der Waals surface area contributed by atoms with Crippen LogP contribution in [0, 0.1) is 5.92 Å². The molecule has 0 aromatic heterocycles. The molecule has 1 aromatic rings. The first-order valence-corrected chi connectivity index (χ1v) is 6.62. The molecule has 1 N–H and O–H groups in total. The summed E-state index contributed by atoms with van der Waals surface area (Å²) in [5.41, 5.74) is 1.18. The molecular weight excluding hydrogens is 228 g/mol. The van der Waals surface area contributed by atoms with E-state index in [-0.39, 0.29) is 24.9 Å². The van der Waals surface area contributed by atoms with E-state index in [1.165, 1.54) is 5.56 Å². The van der Waals surface area contributed by atoms with Crippen LogP contribution in [0.4, 0.5) is 0 Å². The fourth-order valence-electron chi connectivity index (χ4n) is 2.37. The van der Waals surface area contributed by atoms with Crippen LogP contribution < -0.4 is 0 Å². The first-order valence-electron chi connectivity index (χ1n) is 6.62. The zero-order valence-corrected chi connectivity index (χ0v) is 11.1. The van der Waals surface area contributed by atoms with E-state index in [9.17, 15) is 5.11 Å². The molecule has 100 valence electrons. The summed E-state index contributed by atoms with van der Waals surface area (Å²) in [4.78, 5) is 0. The highest BCUT2D eigenvalue weighted by atomic mass is 16.5. The molecule has 1 heterocycles. The normalized spacial score (nSPS) is 32.4. The van der Waals surface area contributed by atoms with Gasteiger partial charge in [0.15, 0.2) is 0 Å². The molecule has 2 rings (SSSR count). The Labute approximate surface area is 109 Å². The van der Waals surface area contributed by atoms with Crippen LogP contribution in [0.2, 0.25) is 0 Å². The Hall–Kier alpha value is -0.900. The topological polar surface area (TPSA) is 38.7 Å². The number of hydrogen-bond acceptors (Lipinski definition) is 3. The van der Waals surface area contributed by atoms with Gasteiger partial charge in [0.05, 0.1) is 31.5 Å². The van der Waals surface area contributed by atoms with Crippen LogP contribution in [-0.4, -0.2) is 30.0 Å². The van der Waals surface area contributed by atoms with Gasteiger partial charge < -0.3 is 14.6 Å². The standard InChI is InChI=1S/C15H22O3/c1-11-12(2)18-14(9-16)8-15(11)17-10-13-6-4-3-5-7-13/h3-7,11-12,14-16H,8-10H2,1-2H3. The Morgan fingerprint density at radius 1 is 1.28 bits per heavy atom. The summed E-state index contributed by atoms with van der Waals surface area (Å²) in [6.45, 7) is 4.89. The van der Waals surface area contributed by atoms with Crippen molar-refractivity contribution in [3.05, 3.63) is 35.9 Å². The predicted octanol–water partition coefficient (Wildman–Crippen LogP) is 2.38. The smallest absolute Gasteiger partial charge is 0.0834 e. The van der Waals surface area contributed by atoms with Gasteiger partial charge in [0.2, 0.25) is 0 Å². The third-order valence-corrected chi connectivity index (χ3v) is 3.74. The highest BCUT2D eigenvalue weighted by Gasteiger charge is 2.33. The molecular formula is C15H22O3. The minimum Gasteiger partial charge on any atom is -0.394 e. The predicted molar refractivity (Wildman–Crippen MR) is 70.2 cm³/mol. The molecule has 0 saturated carbocycles. The molecule has 4 unspecified atom stereocenters. The van der Waals surface area contributed by atoms with Gasteiger partial charge in [-0.2, -0.15) is 0 Å². The first kappa shape index (κ1) is 13.5. The van der Waals surface area contributed by atoms with Gasteiger partial charge in [0.1, 0.15) is 0 Å². The fraction of sp³-hybridized carbons (Fsp3) is 0.600. The van der Waals surface area contributed by atoms with E-state index in [0.717, 1.165) is 6.42 Å². The fourth-order valence-corrected chi connectivity index (χ4v) is 2.37. The molecule has 3 nitrogen and oxygen atoms in total. The second kappa shape index (κ2) is 6.32. The Balaban J connectivity index is 1.91. The van der Waals surface area contributed by atoms with E-state index in [1.807, 2.05) is 25.1 Å². The number of hydrogen-bond donors (Lipinski definition) is 1. The molecule has 0 radical (unpaired) electrons. The highest BCUT2D eigenvalue weighted by molar-refractivity contribution is 5.13. The average Bonchev–Trinajstić information content (AvgIpc) is 2.41. The number of rotatable bonds is 4. The minimum absolute atomic E-state index is 0.0717. The van der Waals surface area contributed by atoms with E-state index in [4.69, 9.17) is 9.47 Å². The van der Waals surface area contributed by atoms with Crippen molar-refractivity contribution in [2.24, 2.45) is 5.92 Å². The lowest BCUT2D eigenvalue weighted by Crippen LogP contribution is -2.44. The van der Waals surface area contributed by atoms with Crippen molar-refractivity contribution in [2.45, 2.75) is 45.2 Å². The van der Waals surface area contributed by atoms with Crippen LogP contribution in [0.15, 0.2) is 30.3 Å². The van der Waals surface area contributed by atoms with Gasteiger partial charge in [-0.25, -0.2) is 0 Å². The van der Waals surface area contributed by atoms with Crippen molar-refractivity contribution in [1.29, 1.82) is 0 Å². The van der Waals surface area contributed by atoms with Gasteiger partial charge in [-0.3, -0.25) is 0 Å². The molecule has 4 atom stereocenters. The lowest BCUT2D eigenvalue weighted by molar-refractivity contribution is -0.156. The summed E-state index contributed by atoms with van der Waals surface area (Å²) in [6, 6.07) is 10.2. The maximum absolute atomic E-state index is 9.22. The summed E-state index contributed by atoms with van der Waals surface area (Å²) in [7, 11) is 0.